The molecule has 1 aromatic heterocycles. The number of aromatic nitrogens is 2. The first-order valence-electron chi connectivity index (χ1n) is 12.6. The third kappa shape index (κ3) is 5.24. The van der Waals surface area contributed by atoms with E-state index >= 15 is 0 Å². The Morgan fingerprint density at radius 1 is 0.909 bits per heavy atom. The molecular weight excluding hydrogens is 428 g/mol. The van der Waals surface area contributed by atoms with Gasteiger partial charge in [0.15, 0.2) is 5.11 Å². The molecule has 1 heterocycles. The van der Waals surface area contributed by atoms with E-state index in [1.54, 1.807) is 0 Å². The molecule has 0 radical (unpaired) electrons. The Morgan fingerprint density at radius 2 is 1.67 bits per heavy atom. The molecule has 6 nitrogen and oxygen atoms in total. The summed E-state index contributed by atoms with van der Waals surface area (Å²) < 4.78 is 0. The first kappa shape index (κ1) is 22.4. The average molecular weight is 465 g/mol. The molecule has 1 fully saturated rings. The highest BCUT2D eigenvalue weighted by Gasteiger charge is 2.24. The van der Waals surface area contributed by atoms with Crippen LogP contribution in [0.25, 0.3) is 0 Å². The average Bonchev–Trinajstić information content (AvgIpc) is 3.27. The maximum Gasteiger partial charge on any atom is 0.225 e. The van der Waals surface area contributed by atoms with Crippen LogP contribution >= 0.6 is 12.2 Å². The van der Waals surface area contributed by atoms with Crippen LogP contribution in [0.1, 0.15) is 67.3 Å². The molecule has 0 unspecified atom stereocenters. The van der Waals surface area contributed by atoms with Gasteiger partial charge >= 0.3 is 0 Å². The highest BCUT2D eigenvalue weighted by Crippen LogP contribution is 2.29. The fraction of sp³-hybridized carbons (Fsp3) is 0.577. The van der Waals surface area contributed by atoms with Crippen molar-refractivity contribution in [2.24, 2.45) is 0 Å². The molecule has 0 amide bonds. The minimum absolute atomic E-state index is 0.415. The molecule has 176 valence electrons. The van der Waals surface area contributed by atoms with E-state index in [1.807, 2.05) is 0 Å². The Kier molecular flexibility index (Phi) is 6.67. The van der Waals surface area contributed by atoms with Crippen LogP contribution in [0.4, 0.5) is 17.5 Å². The third-order valence-electron chi connectivity index (χ3n) is 7.34. The minimum atomic E-state index is 0.415. The largest absolute Gasteiger partial charge is 0.362 e. The molecule has 5 rings (SSSR count). The van der Waals surface area contributed by atoms with Crippen molar-refractivity contribution >= 4 is 34.8 Å². The molecule has 0 saturated heterocycles. The molecule has 3 N–H and O–H groups in total. The van der Waals surface area contributed by atoms with E-state index < -0.39 is 0 Å². The molecule has 3 aliphatic rings. The standard InChI is InChI=1S/C26H36N6S/c1-32(2)24-22-8-3-4-9-23(22)30-25(31-24)27-19-12-14-20(15-13-19)28-26(33)29-21-11-10-17-6-5-7-18(17)16-21/h10-11,16,19-20H,3-9,12-15H2,1-2H3,(H,27,30,31)(H2,28,29,33). The van der Waals surface area contributed by atoms with Crippen molar-refractivity contribution in [3.63, 3.8) is 0 Å². The lowest BCUT2D eigenvalue weighted by Crippen LogP contribution is -2.42. The van der Waals surface area contributed by atoms with E-state index in [2.05, 4.69) is 53.1 Å². The summed E-state index contributed by atoms with van der Waals surface area (Å²) >= 11 is 5.61. The molecule has 33 heavy (non-hydrogen) atoms. The SMILES string of the molecule is CN(C)c1nc(NC2CCC(NC(=S)Nc3ccc4c(c3)CCC4)CC2)nc2c1CCCC2. The van der Waals surface area contributed by atoms with Crippen LogP contribution in [0, 0.1) is 0 Å². The van der Waals surface area contributed by atoms with Gasteiger partial charge in [-0.05, 0) is 106 Å². The number of aryl methyl sites for hydroxylation is 3. The van der Waals surface area contributed by atoms with Crippen LogP contribution in [0.15, 0.2) is 18.2 Å². The number of hydrogen-bond acceptors (Lipinski definition) is 5. The highest BCUT2D eigenvalue weighted by molar-refractivity contribution is 7.80. The summed E-state index contributed by atoms with van der Waals surface area (Å²) in [6.07, 6.45) is 12.7. The minimum Gasteiger partial charge on any atom is -0.362 e. The third-order valence-corrected chi connectivity index (χ3v) is 7.56. The second-order valence-electron chi connectivity index (χ2n) is 10.0. The number of thiocarbonyl (C=S) groups is 1. The summed E-state index contributed by atoms with van der Waals surface area (Å²) in [5.41, 5.74) is 6.64. The van der Waals surface area contributed by atoms with Crippen molar-refractivity contribution in [3.05, 3.63) is 40.6 Å². The van der Waals surface area contributed by atoms with Crippen molar-refractivity contribution in [2.75, 3.05) is 29.6 Å². The predicted octanol–water partition coefficient (Wildman–Crippen LogP) is 4.62. The van der Waals surface area contributed by atoms with Crippen molar-refractivity contribution in [1.29, 1.82) is 0 Å². The van der Waals surface area contributed by atoms with Crippen LogP contribution in [-0.4, -0.2) is 41.3 Å². The van der Waals surface area contributed by atoms with E-state index in [0.29, 0.717) is 12.1 Å². The lowest BCUT2D eigenvalue weighted by atomic mass is 9.91. The van der Waals surface area contributed by atoms with Crippen LogP contribution in [0.5, 0.6) is 0 Å². The number of benzene rings is 1. The molecule has 0 atom stereocenters. The Morgan fingerprint density at radius 3 is 2.48 bits per heavy atom. The van der Waals surface area contributed by atoms with Gasteiger partial charge in [0.1, 0.15) is 5.82 Å². The molecule has 7 heteroatoms. The number of fused-ring (bicyclic) bond motifs is 2. The fourth-order valence-electron chi connectivity index (χ4n) is 5.58. The van der Waals surface area contributed by atoms with Gasteiger partial charge in [0.25, 0.3) is 0 Å². The second kappa shape index (κ2) is 9.84. The fourth-order valence-corrected chi connectivity index (χ4v) is 5.86. The van der Waals surface area contributed by atoms with Gasteiger partial charge < -0.3 is 20.9 Å². The predicted molar refractivity (Wildman–Crippen MR) is 140 cm³/mol. The first-order valence-corrected chi connectivity index (χ1v) is 13.0. The highest BCUT2D eigenvalue weighted by atomic mass is 32.1. The van der Waals surface area contributed by atoms with Crippen molar-refractivity contribution in [3.8, 4) is 0 Å². The van der Waals surface area contributed by atoms with Gasteiger partial charge in [-0.1, -0.05) is 6.07 Å². The summed E-state index contributed by atoms with van der Waals surface area (Å²) in [6, 6.07) is 7.49. The lowest BCUT2D eigenvalue weighted by Gasteiger charge is -2.31. The number of nitrogens with zero attached hydrogens (tertiary/aromatic N) is 3. The van der Waals surface area contributed by atoms with Crippen LogP contribution in [0.3, 0.4) is 0 Å². The maximum absolute atomic E-state index is 5.61. The van der Waals surface area contributed by atoms with E-state index in [0.717, 1.165) is 61.1 Å². The topological polar surface area (TPSA) is 65.1 Å². The van der Waals surface area contributed by atoms with Crippen LogP contribution in [-0.2, 0) is 25.7 Å². The van der Waals surface area contributed by atoms with Crippen molar-refractivity contribution < 1.29 is 0 Å². The van der Waals surface area contributed by atoms with Gasteiger partial charge in [-0.25, -0.2) is 4.98 Å². The number of anilines is 3. The van der Waals surface area contributed by atoms with E-state index in [1.165, 1.54) is 54.5 Å². The molecule has 1 aromatic carbocycles. The van der Waals surface area contributed by atoms with Gasteiger partial charge in [-0.15, -0.1) is 0 Å². The molecule has 0 spiro atoms. The van der Waals surface area contributed by atoms with Gasteiger partial charge in [0.2, 0.25) is 5.95 Å². The zero-order valence-corrected chi connectivity index (χ0v) is 20.7. The normalized spacial score (nSPS) is 21.6. The molecule has 3 aliphatic carbocycles. The Bertz CT molecular complexity index is 1010. The lowest BCUT2D eigenvalue weighted by molar-refractivity contribution is 0.387. The molecule has 0 aliphatic heterocycles. The van der Waals surface area contributed by atoms with Crippen LogP contribution < -0.4 is 20.9 Å². The Balaban J connectivity index is 1.13. The van der Waals surface area contributed by atoms with E-state index in [-0.39, 0.29) is 0 Å². The number of rotatable bonds is 5. The zero-order valence-electron chi connectivity index (χ0n) is 19.9. The van der Waals surface area contributed by atoms with Gasteiger partial charge in [-0.2, -0.15) is 4.98 Å². The summed E-state index contributed by atoms with van der Waals surface area (Å²) in [7, 11) is 4.16. The van der Waals surface area contributed by atoms with E-state index in [4.69, 9.17) is 22.2 Å². The van der Waals surface area contributed by atoms with Gasteiger partial charge in [0, 0.05) is 37.4 Å². The van der Waals surface area contributed by atoms with Crippen molar-refractivity contribution in [2.45, 2.75) is 82.7 Å². The second-order valence-corrected chi connectivity index (χ2v) is 10.4. The molecule has 0 bridgehead atoms. The molecule has 2 aromatic rings. The Hall–Kier alpha value is -2.41. The monoisotopic (exact) mass is 464 g/mol. The Labute approximate surface area is 203 Å². The number of hydrogen-bond donors (Lipinski definition) is 3. The van der Waals surface area contributed by atoms with Crippen molar-refractivity contribution in [1.82, 2.24) is 15.3 Å². The summed E-state index contributed by atoms with van der Waals surface area (Å²) in [4.78, 5) is 11.9. The maximum atomic E-state index is 5.61. The van der Waals surface area contributed by atoms with Gasteiger partial charge in [0.05, 0.1) is 5.69 Å². The smallest absolute Gasteiger partial charge is 0.225 e. The zero-order chi connectivity index (χ0) is 22.8. The van der Waals surface area contributed by atoms with Crippen LogP contribution in [0.2, 0.25) is 0 Å². The summed E-state index contributed by atoms with van der Waals surface area (Å²) in [6.45, 7) is 0. The quantitative estimate of drug-likeness (QED) is 0.558. The van der Waals surface area contributed by atoms with E-state index in [9.17, 15) is 0 Å². The number of nitrogens with one attached hydrogen (secondary N) is 3. The first-order chi connectivity index (χ1) is 16.0. The molecule has 1 saturated carbocycles. The summed E-state index contributed by atoms with van der Waals surface area (Å²) in [5.74, 6) is 1.88. The summed E-state index contributed by atoms with van der Waals surface area (Å²) in [5, 5.41) is 11.3. The van der Waals surface area contributed by atoms with Gasteiger partial charge in [-0.3, -0.25) is 0 Å². The molecular formula is C26H36N6S.